The van der Waals surface area contributed by atoms with Crippen LogP contribution in [0.1, 0.15) is 23.9 Å². The number of halogens is 2. The van der Waals surface area contributed by atoms with E-state index in [1.807, 2.05) is 60.0 Å². The van der Waals surface area contributed by atoms with Crippen molar-refractivity contribution in [3.8, 4) is 5.69 Å². The van der Waals surface area contributed by atoms with E-state index in [4.69, 9.17) is 11.6 Å². The van der Waals surface area contributed by atoms with Crippen LogP contribution in [0.3, 0.4) is 0 Å². The zero-order chi connectivity index (χ0) is 25.5. The Hall–Kier alpha value is -3.69. The molecule has 0 saturated carbocycles. The van der Waals surface area contributed by atoms with Crippen molar-refractivity contribution in [2.24, 2.45) is 5.10 Å². The molecule has 2 N–H and O–H groups in total. The van der Waals surface area contributed by atoms with E-state index in [2.05, 4.69) is 26.0 Å². The number of hydrogen-bond donors (Lipinski definition) is 2. The number of aryl methyl sites for hydroxylation is 1. The Morgan fingerprint density at radius 2 is 1.89 bits per heavy atom. The molecule has 0 fully saturated rings. The smallest absolute Gasteiger partial charge is 0.253 e. The number of carbonyl (C=O) groups excluding carboxylic acids is 1. The average molecular weight is 523 g/mol. The zero-order valence-electron chi connectivity index (χ0n) is 19.7. The summed E-state index contributed by atoms with van der Waals surface area (Å²) in [6.07, 6.45) is 1.46. The van der Waals surface area contributed by atoms with Crippen LogP contribution in [0.5, 0.6) is 0 Å². The van der Waals surface area contributed by atoms with Crippen molar-refractivity contribution in [1.29, 1.82) is 0 Å². The summed E-state index contributed by atoms with van der Waals surface area (Å²) in [6, 6.07) is 21.2. The van der Waals surface area contributed by atoms with Gasteiger partial charge in [-0.15, -0.1) is 10.2 Å². The second kappa shape index (κ2) is 11.8. The molecule has 3 aromatic carbocycles. The molecule has 0 saturated heterocycles. The van der Waals surface area contributed by atoms with Gasteiger partial charge in [0.2, 0.25) is 0 Å². The Morgan fingerprint density at radius 1 is 1.14 bits per heavy atom. The molecule has 10 heteroatoms. The number of nitrogens with one attached hydrogen (secondary N) is 2. The molecule has 7 nitrogen and oxygen atoms in total. The topological polar surface area (TPSA) is 84.2 Å². The fourth-order valence-corrected chi connectivity index (χ4v) is 4.46. The third kappa shape index (κ3) is 6.50. The number of thioether (sulfide) groups is 1. The van der Waals surface area contributed by atoms with Gasteiger partial charge in [-0.25, -0.2) is 9.82 Å². The number of nitrogens with zero attached hydrogens (tertiary/aromatic N) is 4. The van der Waals surface area contributed by atoms with E-state index >= 15 is 0 Å². The van der Waals surface area contributed by atoms with E-state index in [0.717, 1.165) is 16.9 Å². The lowest BCUT2D eigenvalue weighted by Crippen LogP contribution is -2.27. The number of aromatic nitrogens is 3. The molecule has 0 bridgehead atoms. The SMILES string of the molecule is Cc1cc(Cl)ccc1NCc1nnc(SC(C)C(=O)NN=Cc2ccc(F)cc2)n1-c1ccccc1. The second-order valence-corrected chi connectivity index (χ2v) is 9.67. The van der Waals surface area contributed by atoms with Crippen LogP contribution in [0.4, 0.5) is 10.1 Å². The van der Waals surface area contributed by atoms with Gasteiger partial charge in [-0.3, -0.25) is 9.36 Å². The molecule has 4 rings (SSSR count). The Bertz CT molecular complexity index is 1360. The van der Waals surface area contributed by atoms with Crippen LogP contribution in [0.15, 0.2) is 83.1 Å². The summed E-state index contributed by atoms with van der Waals surface area (Å²) in [6.45, 7) is 4.18. The fraction of sp³-hybridized carbons (Fsp3) is 0.154. The number of hydrazone groups is 1. The van der Waals surface area contributed by atoms with Gasteiger partial charge in [0, 0.05) is 16.4 Å². The molecular formula is C26H24ClFN6OS. The van der Waals surface area contributed by atoms with Gasteiger partial charge >= 0.3 is 0 Å². The number of carbonyl (C=O) groups is 1. The first kappa shape index (κ1) is 25.4. The number of hydrogen-bond acceptors (Lipinski definition) is 6. The van der Waals surface area contributed by atoms with E-state index in [9.17, 15) is 9.18 Å². The van der Waals surface area contributed by atoms with Gasteiger partial charge in [-0.1, -0.05) is 53.7 Å². The first-order valence-electron chi connectivity index (χ1n) is 11.2. The van der Waals surface area contributed by atoms with Gasteiger partial charge in [0.15, 0.2) is 11.0 Å². The highest BCUT2D eigenvalue weighted by Gasteiger charge is 2.21. The van der Waals surface area contributed by atoms with Crippen LogP contribution < -0.4 is 10.7 Å². The molecule has 1 amide bonds. The first-order chi connectivity index (χ1) is 17.4. The predicted octanol–water partition coefficient (Wildman–Crippen LogP) is 5.61. The van der Waals surface area contributed by atoms with Crippen molar-refractivity contribution in [2.75, 3.05) is 5.32 Å². The lowest BCUT2D eigenvalue weighted by Gasteiger charge is -2.14. The van der Waals surface area contributed by atoms with Gasteiger partial charge in [0.25, 0.3) is 5.91 Å². The molecule has 0 spiro atoms. The van der Waals surface area contributed by atoms with Crippen molar-refractivity contribution in [1.82, 2.24) is 20.2 Å². The van der Waals surface area contributed by atoms with Crippen LogP contribution in [0.2, 0.25) is 5.02 Å². The predicted molar refractivity (Wildman–Crippen MR) is 142 cm³/mol. The number of anilines is 1. The molecule has 184 valence electrons. The number of benzene rings is 3. The standard InChI is InChI=1S/C26H24ClFN6OS/c1-17-14-20(27)10-13-23(17)29-16-24-31-33-26(34(24)22-6-4-3-5-7-22)36-18(2)25(35)32-30-15-19-8-11-21(28)12-9-19/h3-15,18,29H,16H2,1-2H3,(H,32,35). The van der Waals surface area contributed by atoms with Gasteiger partial charge < -0.3 is 5.32 Å². The highest BCUT2D eigenvalue weighted by molar-refractivity contribution is 8.00. The van der Waals surface area contributed by atoms with Crippen molar-refractivity contribution >= 4 is 41.2 Å². The summed E-state index contributed by atoms with van der Waals surface area (Å²) < 4.78 is 15.0. The minimum Gasteiger partial charge on any atom is -0.378 e. The summed E-state index contributed by atoms with van der Waals surface area (Å²) in [5.41, 5.74) is 6.05. The summed E-state index contributed by atoms with van der Waals surface area (Å²) in [4.78, 5) is 12.6. The molecule has 1 unspecified atom stereocenters. The van der Waals surface area contributed by atoms with Crippen LogP contribution in [-0.2, 0) is 11.3 Å². The summed E-state index contributed by atoms with van der Waals surface area (Å²) in [5, 5.41) is 16.9. The average Bonchev–Trinajstić information content (AvgIpc) is 3.27. The molecular weight excluding hydrogens is 499 g/mol. The van der Waals surface area contributed by atoms with Gasteiger partial charge in [-0.05, 0) is 67.4 Å². The molecule has 1 heterocycles. The van der Waals surface area contributed by atoms with E-state index in [-0.39, 0.29) is 11.7 Å². The van der Waals surface area contributed by atoms with Crippen molar-refractivity contribution in [2.45, 2.75) is 30.8 Å². The zero-order valence-corrected chi connectivity index (χ0v) is 21.2. The van der Waals surface area contributed by atoms with Crippen molar-refractivity contribution in [3.05, 3.63) is 101 Å². The monoisotopic (exact) mass is 522 g/mol. The summed E-state index contributed by atoms with van der Waals surface area (Å²) >= 11 is 7.35. The summed E-state index contributed by atoms with van der Waals surface area (Å²) in [5.74, 6) is 0.0685. The molecule has 1 atom stereocenters. The van der Waals surface area contributed by atoms with Gasteiger partial charge in [-0.2, -0.15) is 5.10 Å². The minimum atomic E-state index is -0.499. The Kier molecular flexibility index (Phi) is 8.35. The number of para-hydroxylation sites is 1. The Morgan fingerprint density at radius 3 is 2.61 bits per heavy atom. The molecule has 0 aliphatic carbocycles. The third-order valence-corrected chi connectivity index (χ3v) is 6.53. The molecule has 1 aromatic heterocycles. The molecule has 0 aliphatic rings. The highest BCUT2D eigenvalue weighted by Crippen LogP contribution is 2.27. The fourth-order valence-electron chi connectivity index (χ4n) is 3.35. The molecule has 4 aromatic rings. The normalized spacial score (nSPS) is 12.0. The maximum Gasteiger partial charge on any atom is 0.253 e. The Balaban J connectivity index is 1.48. The van der Waals surface area contributed by atoms with Crippen LogP contribution in [-0.4, -0.2) is 32.1 Å². The first-order valence-corrected chi connectivity index (χ1v) is 12.4. The van der Waals surface area contributed by atoms with Crippen molar-refractivity contribution < 1.29 is 9.18 Å². The lowest BCUT2D eigenvalue weighted by atomic mass is 10.2. The number of rotatable bonds is 9. The number of amides is 1. The van der Waals surface area contributed by atoms with Crippen LogP contribution >= 0.6 is 23.4 Å². The third-order valence-electron chi connectivity index (χ3n) is 5.25. The maximum atomic E-state index is 13.0. The summed E-state index contributed by atoms with van der Waals surface area (Å²) in [7, 11) is 0. The van der Waals surface area contributed by atoms with Gasteiger partial charge in [0.1, 0.15) is 5.82 Å². The highest BCUT2D eigenvalue weighted by atomic mass is 35.5. The molecule has 0 aliphatic heterocycles. The van der Waals surface area contributed by atoms with E-state index in [1.54, 1.807) is 19.1 Å². The van der Waals surface area contributed by atoms with Crippen molar-refractivity contribution in [3.63, 3.8) is 0 Å². The van der Waals surface area contributed by atoms with E-state index in [0.29, 0.717) is 28.1 Å². The van der Waals surface area contributed by atoms with Crippen LogP contribution in [0, 0.1) is 12.7 Å². The Labute approximate surface area is 217 Å². The van der Waals surface area contributed by atoms with E-state index < -0.39 is 5.25 Å². The van der Waals surface area contributed by atoms with E-state index in [1.165, 1.54) is 30.1 Å². The molecule has 0 radical (unpaired) electrons. The quantitative estimate of drug-likeness (QED) is 0.169. The maximum absolute atomic E-state index is 13.0. The van der Waals surface area contributed by atoms with Crippen LogP contribution in [0.25, 0.3) is 5.69 Å². The second-order valence-electron chi connectivity index (χ2n) is 7.93. The van der Waals surface area contributed by atoms with Gasteiger partial charge in [0.05, 0.1) is 18.0 Å². The molecule has 36 heavy (non-hydrogen) atoms. The lowest BCUT2D eigenvalue weighted by molar-refractivity contribution is -0.120. The largest absolute Gasteiger partial charge is 0.378 e. The minimum absolute atomic E-state index is 0.294.